The van der Waals surface area contributed by atoms with Crippen LogP contribution in [0.1, 0.15) is 30.0 Å². The molecule has 0 saturated heterocycles. The van der Waals surface area contributed by atoms with Crippen LogP contribution in [0, 0.1) is 6.92 Å². The summed E-state index contributed by atoms with van der Waals surface area (Å²) in [6.07, 6.45) is 0. The predicted molar refractivity (Wildman–Crippen MR) is 78.3 cm³/mol. The van der Waals surface area contributed by atoms with Gasteiger partial charge in [-0.15, -0.1) is 0 Å². The van der Waals surface area contributed by atoms with E-state index in [1.54, 1.807) is 19.1 Å². The number of hydrogen-bond acceptors (Lipinski definition) is 3. The van der Waals surface area contributed by atoms with Crippen LogP contribution >= 0.6 is 0 Å². The molecule has 5 heteroatoms. The van der Waals surface area contributed by atoms with E-state index >= 15 is 0 Å². The number of furan rings is 1. The molecule has 0 aliphatic carbocycles. The van der Waals surface area contributed by atoms with Crippen LogP contribution in [-0.2, 0) is 16.1 Å². The Kier molecular flexibility index (Phi) is 4.77. The van der Waals surface area contributed by atoms with Crippen LogP contribution in [0.5, 0.6) is 0 Å². The first-order valence-corrected chi connectivity index (χ1v) is 6.71. The SMILES string of the molecule is CC(=O)N[C@@H](C(=O)NCc1ccccc1)c1ccc(C)o1. The summed E-state index contributed by atoms with van der Waals surface area (Å²) in [6, 6.07) is 12.2. The van der Waals surface area contributed by atoms with Crippen molar-refractivity contribution in [2.24, 2.45) is 0 Å². The Balaban J connectivity index is 2.06. The number of aryl methyl sites for hydroxylation is 1. The summed E-state index contributed by atoms with van der Waals surface area (Å²) in [6.45, 7) is 3.55. The smallest absolute Gasteiger partial charge is 0.250 e. The lowest BCUT2D eigenvalue weighted by molar-refractivity contribution is -0.128. The molecule has 0 radical (unpaired) electrons. The van der Waals surface area contributed by atoms with Crippen molar-refractivity contribution in [2.45, 2.75) is 26.4 Å². The lowest BCUT2D eigenvalue weighted by atomic mass is 10.2. The maximum absolute atomic E-state index is 12.3. The largest absolute Gasteiger partial charge is 0.464 e. The van der Waals surface area contributed by atoms with Crippen molar-refractivity contribution < 1.29 is 14.0 Å². The lowest BCUT2D eigenvalue weighted by Gasteiger charge is -2.15. The van der Waals surface area contributed by atoms with E-state index < -0.39 is 6.04 Å². The van der Waals surface area contributed by atoms with Crippen LogP contribution < -0.4 is 10.6 Å². The first-order valence-electron chi connectivity index (χ1n) is 6.71. The Bertz CT molecular complexity index is 619. The summed E-state index contributed by atoms with van der Waals surface area (Å²) in [4.78, 5) is 23.6. The topological polar surface area (TPSA) is 71.3 Å². The Labute approximate surface area is 123 Å². The highest BCUT2D eigenvalue weighted by molar-refractivity contribution is 5.87. The van der Waals surface area contributed by atoms with Crippen molar-refractivity contribution in [1.82, 2.24) is 10.6 Å². The lowest BCUT2D eigenvalue weighted by Crippen LogP contribution is -2.39. The van der Waals surface area contributed by atoms with Crippen LogP contribution in [0.15, 0.2) is 46.9 Å². The van der Waals surface area contributed by atoms with E-state index in [0.717, 1.165) is 5.56 Å². The number of carbonyl (C=O) groups is 2. The average molecular weight is 286 g/mol. The van der Waals surface area contributed by atoms with Gasteiger partial charge in [-0.3, -0.25) is 9.59 Å². The second-order valence-electron chi connectivity index (χ2n) is 4.79. The first-order chi connectivity index (χ1) is 10.1. The molecule has 110 valence electrons. The molecule has 0 unspecified atom stereocenters. The van der Waals surface area contributed by atoms with E-state index in [-0.39, 0.29) is 11.8 Å². The van der Waals surface area contributed by atoms with Gasteiger partial charge in [0, 0.05) is 13.5 Å². The number of rotatable bonds is 5. The summed E-state index contributed by atoms with van der Waals surface area (Å²) < 4.78 is 5.44. The van der Waals surface area contributed by atoms with Crippen molar-refractivity contribution in [3.05, 3.63) is 59.5 Å². The molecule has 0 aliphatic heterocycles. The van der Waals surface area contributed by atoms with E-state index in [9.17, 15) is 9.59 Å². The Morgan fingerprint density at radius 2 is 1.86 bits per heavy atom. The van der Waals surface area contributed by atoms with Gasteiger partial charge in [-0.1, -0.05) is 30.3 Å². The number of nitrogens with one attached hydrogen (secondary N) is 2. The molecule has 0 bridgehead atoms. The van der Waals surface area contributed by atoms with E-state index in [4.69, 9.17) is 4.42 Å². The quantitative estimate of drug-likeness (QED) is 0.884. The summed E-state index contributed by atoms with van der Waals surface area (Å²) >= 11 is 0. The fourth-order valence-corrected chi connectivity index (χ4v) is 1.96. The van der Waals surface area contributed by atoms with Crippen LogP contribution in [0.3, 0.4) is 0 Å². The van der Waals surface area contributed by atoms with Crippen LogP contribution in [0.4, 0.5) is 0 Å². The molecule has 2 aromatic rings. The molecule has 5 nitrogen and oxygen atoms in total. The molecule has 0 fully saturated rings. The van der Waals surface area contributed by atoms with E-state index in [1.165, 1.54) is 6.92 Å². The van der Waals surface area contributed by atoms with Crippen molar-refractivity contribution in [3.63, 3.8) is 0 Å². The van der Waals surface area contributed by atoms with Crippen LogP contribution in [0.2, 0.25) is 0 Å². The molecule has 0 aliphatic rings. The molecule has 1 heterocycles. The number of amides is 2. The summed E-state index contributed by atoms with van der Waals surface area (Å²) in [7, 11) is 0. The average Bonchev–Trinajstić information content (AvgIpc) is 2.89. The zero-order valence-electron chi connectivity index (χ0n) is 12.1. The maximum atomic E-state index is 12.3. The third-order valence-electron chi connectivity index (χ3n) is 2.97. The van der Waals surface area contributed by atoms with Gasteiger partial charge in [-0.2, -0.15) is 0 Å². The molecule has 1 aromatic carbocycles. The molecule has 1 aromatic heterocycles. The van der Waals surface area contributed by atoms with Crippen LogP contribution in [-0.4, -0.2) is 11.8 Å². The predicted octanol–water partition coefficient (Wildman–Crippen LogP) is 2.08. The second-order valence-corrected chi connectivity index (χ2v) is 4.79. The molecule has 0 saturated carbocycles. The molecular weight excluding hydrogens is 268 g/mol. The molecule has 2 rings (SSSR count). The monoisotopic (exact) mass is 286 g/mol. The van der Waals surface area contributed by atoms with Gasteiger partial charge in [0.25, 0.3) is 5.91 Å². The number of carbonyl (C=O) groups excluding carboxylic acids is 2. The number of hydrogen-bond donors (Lipinski definition) is 2. The van der Waals surface area contributed by atoms with Gasteiger partial charge in [0.15, 0.2) is 6.04 Å². The fraction of sp³-hybridized carbons (Fsp3) is 0.250. The highest BCUT2D eigenvalue weighted by atomic mass is 16.3. The summed E-state index contributed by atoms with van der Waals surface area (Å²) in [5.41, 5.74) is 0.989. The second kappa shape index (κ2) is 6.74. The number of benzene rings is 1. The molecule has 2 N–H and O–H groups in total. The van der Waals surface area contributed by atoms with Gasteiger partial charge in [0.2, 0.25) is 5.91 Å². The van der Waals surface area contributed by atoms with Crippen molar-refractivity contribution in [2.75, 3.05) is 0 Å². The normalized spacial score (nSPS) is 11.7. The summed E-state index contributed by atoms with van der Waals surface area (Å²) in [5.74, 6) is 0.525. The standard InChI is InChI=1S/C16H18N2O3/c1-11-8-9-14(21-11)15(18-12(2)19)16(20)17-10-13-6-4-3-5-7-13/h3-9,15H,10H2,1-2H3,(H,17,20)(H,18,19)/t15-/m1/s1. The zero-order valence-corrected chi connectivity index (χ0v) is 12.1. The third-order valence-corrected chi connectivity index (χ3v) is 2.97. The third kappa shape index (κ3) is 4.21. The van der Waals surface area contributed by atoms with E-state index in [1.807, 2.05) is 30.3 Å². The van der Waals surface area contributed by atoms with Gasteiger partial charge in [0.05, 0.1) is 0 Å². The maximum Gasteiger partial charge on any atom is 0.250 e. The summed E-state index contributed by atoms with van der Waals surface area (Å²) in [5, 5.41) is 5.40. The van der Waals surface area contributed by atoms with Gasteiger partial charge < -0.3 is 15.1 Å². The zero-order chi connectivity index (χ0) is 15.2. The van der Waals surface area contributed by atoms with Crippen molar-refractivity contribution in [1.29, 1.82) is 0 Å². The minimum Gasteiger partial charge on any atom is -0.464 e. The minimum atomic E-state index is -0.820. The first kappa shape index (κ1) is 14.8. The highest BCUT2D eigenvalue weighted by Gasteiger charge is 2.24. The molecular formula is C16H18N2O3. The minimum absolute atomic E-state index is 0.288. The molecule has 1 atom stereocenters. The molecule has 0 spiro atoms. The Morgan fingerprint density at radius 1 is 1.14 bits per heavy atom. The Morgan fingerprint density at radius 3 is 2.43 bits per heavy atom. The highest BCUT2D eigenvalue weighted by Crippen LogP contribution is 2.16. The molecule has 21 heavy (non-hydrogen) atoms. The van der Waals surface area contributed by atoms with Gasteiger partial charge >= 0.3 is 0 Å². The van der Waals surface area contributed by atoms with Crippen molar-refractivity contribution >= 4 is 11.8 Å². The van der Waals surface area contributed by atoms with Crippen LogP contribution in [0.25, 0.3) is 0 Å². The van der Waals surface area contributed by atoms with Gasteiger partial charge in [0.1, 0.15) is 11.5 Å². The van der Waals surface area contributed by atoms with E-state index in [0.29, 0.717) is 18.1 Å². The van der Waals surface area contributed by atoms with E-state index in [2.05, 4.69) is 10.6 Å². The van der Waals surface area contributed by atoms with Crippen molar-refractivity contribution in [3.8, 4) is 0 Å². The molecule has 2 amide bonds. The van der Waals surface area contributed by atoms with Gasteiger partial charge in [-0.05, 0) is 24.6 Å². The Hall–Kier alpha value is -2.56. The van der Waals surface area contributed by atoms with Gasteiger partial charge in [-0.25, -0.2) is 0 Å². The fourth-order valence-electron chi connectivity index (χ4n) is 1.96.